The van der Waals surface area contributed by atoms with Crippen molar-refractivity contribution >= 4 is 11.6 Å². The summed E-state index contributed by atoms with van der Waals surface area (Å²) in [5.41, 5.74) is 2.26. The molecule has 19 heavy (non-hydrogen) atoms. The molecule has 0 amide bonds. The summed E-state index contributed by atoms with van der Waals surface area (Å²) in [4.78, 5) is 0. The molecule has 1 aromatic heterocycles. The van der Waals surface area contributed by atoms with Crippen molar-refractivity contribution in [2.24, 2.45) is 7.05 Å². The van der Waals surface area contributed by atoms with E-state index in [2.05, 4.69) is 10.4 Å². The molecule has 1 heterocycles. The van der Waals surface area contributed by atoms with Crippen LogP contribution in [0.25, 0.3) is 0 Å². The standard InChI is InChI=1S/C14H18ClN3O/c1-16-12(8-10-4-6-11(15)7-5-10)14-13(19-3)9-17-18(14)2/h4-7,9,12,16H,8H2,1-3H3. The van der Waals surface area contributed by atoms with Gasteiger partial charge >= 0.3 is 0 Å². The van der Waals surface area contributed by atoms with Gasteiger partial charge in [0.25, 0.3) is 0 Å². The van der Waals surface area contributed by atoms with Gasteiger partial charge < -0.3 is 10.1 Å². The Morgan fingerprint density at radius 2 is 2.05 bits per heavy atom. The summed E-state index contributed by atoms with van der Waals surface area (Å²) in [6.07, 6.45) is 2.59. The minimum absolute atomic E-state index is 0.142. The maximum absolute atomic E-state index is 5.90. The van der Waals surface area contributed by atoms with E-state index >= 15 is 0 Å². The lowest BCUT2D eigenvalue weighted by Gasteiger charge is -2.18. The summed E-state index contributed by atoms with van der Waals surface area (Å²) in [6.45, 7) is 0. The molecule has 4 nitrogen and oxygen atoms in total. The average molecular weight is 280 g/mol. The Kier molecular flexibility index (Phi) is 4.45. The normalized spacial score (nSPS) is 12.4. The van der Waals surface area contributed by atoms with Gasteiger partial charge in [0.05, 0.1) is 25.0 Å². The molecule has 1 aromatic carbocycles. The monoisotopic (exact) mass is 279 g/mol. The zero-order chi connectivity index (χ0) is 13.8. The molecule has 0 fully saturated rings. The molecule has 102 valence electrons. The molecule has 5 heteroatoms. The van der Waals surface area contributed by atoms with Gasteiger partial charge in [0, 0.05) is 12.1 Å². The summed E-state index contributed by atoms with van der Waals surface area (Å²) < 4.78 is 7.20. The molecule has 1 atom stereocenters. The Labute approximate surface area is 118 Å². The van der Waals surface area contributed by atoms with E-state index in [9.17, 15) is 0 Å². The van der Waals surface area contributed by atoms with Crippen molar-refractivity contribution in [2.45, 2.75) is 12.5 Å². The van der Waals surface area contributed by atoms with Crippen LogP contribution in [0.1, 0.15) is 17.3 Å². The van der Waals surface area contributed by atoms with Gasteiger partial charge in [-0.05, 0) is 31.2 Å². The van der Waals surface area contributed by atoms with Crippen LogP contribution < -0.4 is 10.1 Å². The van der Waals surface area contributed by atoms with Gasteiger partial charge in [-0.15, -0.1) is 0 Å². The van der Waals surface area contributed by atoms with Crippen molar-refractivity contribution in [2.75, 3.05) is 14.2 Å². The fourth-order valence-electron chi connectivity index (χ4n) is 2.17. The lowest BCUT2D eigenvalue weighted by Crippen LogP contribution is -2.22. The van der Waals surface area contributed by atoms with Crippen molar-refractivity contribution in [3.8, 4) is 5.75 Å². The first kappa shape index (κ1) is 13.9. The van der Waals surface area contributed by atoms with Crippen LogP contribution in [0.4, 0.5) is 0 Å². The van der Waals surface area contributed by atoms with Crippen LogP contribution in [0.2, 0.25) is 5.02 Å². The molecule has 0 saturated carbocycles. The van der Waals surface area contributed by atoms with E-state index < -0.39 is 0 Å². The fourth-order valence-corrected chi connectivity index (χ4v) is 2.30. The number of likely N-dealkylation sites (N-methyl/N-ethyl adjacent to an activating group) is 1. The van der Waals surface area contributed by atoms with Crippen molar-refractivity contribution in [3.05, 3.63) is 46.7 Å². The number of aromatic nitrogens is 2. The lowest BCUT2D eigenvalue weighted by atomic mass is 10.0. The highest BCUT2D eigenvalue weighted by Gasteiger charge is 2.19. The number of benzene rings is 1. The molecule has 0 spiro atoms. The first-order valence-electron chi connectivity index (χ1n) is 6.13. The highest BCUT2D eigenvalue weighted by Crippen LogP contribution is 2.27. The van der Waals surface area contributed by atoms with Crippen LogP contribution in [0.15, 0.2) is 30.5 Å². The van der Waals surface area contributed by atoms with Gasteiger partial charge in [-0.3, -0.25) is 4.68 Å². The van der Waals surface area contributed by atoms with Crippen LogP contribution in [-0.4, -0.2) is 23.9 Å². The van der Waals surface area contributed by atoms with Crippen molar-refractivity contribution in [1.82, 2.24) is 15.1 Å². The Morgan fingerprint density at radius 1 is 1.37 bits per heavy atom. The van der Waals surface area contributed by atoms with Gasteiger partial charge in [-0.2, -0.15) is 5.10 Å². The molecule has 1 unspecified atom stereocenters. The van der Waals surface area contributed by atoms with Crippen molar-refractivity contribution < 1.29 is 4.74 Å². The van der Waals surface area contributed by atoms with Gasteiger partial charge in [0.2, 0.25) is 0 Å². The molecule has 2 aromatic rings. The highest BCUT2D eigenvalue weighted by molar-refractivity contribution is 6.30. The Balaban J connectivity index is 2.24. The summed E-state index contributed by atoms with van der Waals surface area (Å²) in [6, 6.07) is 8.03. The zero-order valence-corrected chi connectivity index (χ0v) is 12.1. The van der Waals surface area contributed by atoms with Crippen LogP contribution in [0.5, 0.6) is 5.75 Å². The predicted octanol–water partition coefficient (Wildman–Crippen LogP) is 2.59. The second kappa shape index (κ2) is 6.08. The molecular formula is C14H18ClN3O. The first-order chi connectivity index (χ1) is 9.15. The number of hydrogen-bond donors (Lipinski definition) is 1. The summed E-state index contributed by atoms with van der Waals surface area (Å²) in [7, 11) is 5.52. The van der Waals surface area contributed by atoms with E-state index in [-0.39, 0.29) is 6.04 Å². The van der Waals surface area contributed by atoms with E-state index in [0.29, 0.717) is 0 Å². The molecule has 0 aliphatic rings. The molecule has 0 bridgehead atoms. The van der Waals surface area contributed by atoms with Crippen molar-refractivity contribution in [1.29, 1.82) is 0 Å². The molecule has 0 radical (unpaired) electrons. The quantitative estimate of drug-likeness (QED) is 0.914. The van der Waals surface area contributed by atoms with Gasteiger partial charge in [0.1, 0.15) is 0 Å². The topological polar surface area (TPSA) is 39.1 Å². The third-order valence-electron chi connectivity index (χ3n) is 3.20. The Bertz CT molecular complexity index is 536. The number of aryl methyl sites for hydroxylation is 1. The predicted molar refractivity (Wildman–Crippen MR) is 76.7 cm³/mol. The Hall–Kier alpha value is -1.52. The molecule has 0 saturated heterocycles. The first-order valence-corrected chi connectivity index (χ1v) is 6.51. The zero-order valence-electron chi connectivity index (χ0n) is 11.4. The summed E-state index contributed by atoms with van der Waals surface area (Å²) in [5, 5.41) is 8.30. The van der Waals surface area contributed by atoms with E-state index in [1.54, 1.807) is 13.3 Å². The maximum Gasteiger partial charge on any atom is 0.161 e. The molecule has 0 aliphatic heterocycles. The third kappa shape index (κ3) is 3.08. The smallest absolute Gasteiger partial charge is 0.161 e. The van der Waals surface area contributed by atoms with E-state index in [4.69, 9.17) is 16.3 Å². The number of nitrogens with zero attached hydrogens (tertiary/aromatic N) is 2. The lowest BCUT2D eigenvalue weighted by molar-refractivity contribution is 0.397. The molecule has 1 N–H and O–H groups in total. The van der Waals surface area contributed by atoms with Crippen molar-refractivity contribution in [3.63, 3.8) is 0 Å². The van der Waals surface area contributed by atoms with E-state index in [0.717, 1.165) is 22.9 Å². The molecular weight excluding hydrogens is 262 g/mol. The number of nitrogens with one attached hydrogen (secondary N) is 1. The largest absolute Gasteiger partial charge is 0.493 e. The molecule has 0 aliphatic carbocycles. The van der Waals surface area contributed by atoms with Gasteiger partial charge in [0.15, 0.2) is 5.75 Å². The average Bonchev–Trinajstić information content (AvgIpc) is 2.79. The fraction of sp³-hybridized carbons (Fsp3) is 0.357. The molecule has 2 rings (SSSR count). The van der Waals surface area contributed by atoms with Gasteiger partial charge in [-0.1, -0.05) is 23.7 Å². The number of ether oxygens (including phenoxy) is 1. The van der Waals surface area contributed by atoms with Gasteiger partial charge in [-0.25, -0.2) is 0 Å². The SMILES string of the molecule is CNC(Cc1ccc(Cl)cc1)c1c(OC)cnn1C. The Morgan fingerprint density at radius 3 is 2.63 bits per heavy atom. The van der Waals surface area contributed by atoms with Crippen LogP contribution >= 0.6 is 11.6 Å². The van der Waals surface area contributed by atoms with Crippen LogP contribution in [0.3, 0.4) is 0 Å². The second-order valence-electron chi connectivity index (χ2n) is 4.39. The maximum atomic E-state index is 5.90. The number of hydrogen-bond acceptors (Lipinski definition) is 3. The van der Waals surface area contributed by atoms with Crippen LogP contribution in [0, 0.1) is 0 Å². The summed E-state index contributed by atoms with van der Waals surface area (Å²) in [5.74, 6) is 0.802. The van der Waals surface area contributed by atoms with E-state index in [1.165, 1.54) is 5.56 Å². The second-order valence-corrected chi connectivity index (χ2v) is 4.83. The third-order valence-corrected chi connectivity index (χ3v) is 3.45. The van der Waals surface area contributed by atoms with E-state index in [1.807, 2.05) is 43.0 Å². The van der Waals surface area contributed by atoms with Crippen LogP contribution in [-0.2, 0) is 13.5 Å². The number of methoxy groups -OCH3 is 1. The summed E-state index contributed by atoms with van der Waals surface area (Å²) >= 11 is 5.90. The minimum atomic E-state index is 0.142. The number of rotatable bonds is 5. The highest BCUT2D eigenvalue weighted by atomic mass is 35.5. The number of halogens is 1. The minimum Gasteiger partial charge on any atom is -0.493 e.